The van der Waals surface area contributed by atoms with Gasteiger partial charge in [0.25, 0.3) is 0 Å². The normalized spacial score (nSPS) is 21.6. The van der Waals surface area contributed by atoms with Crippen LogP contribution in [0.25, 0.3) is 0 Å². The summed E-state index contributed by atoms with van der Waals surface area (Å²) in [6.07, 6.45) is 0.830. The molecule has 0 aromatic heterocycles. The lowest BCUT2D eigenvalue weighted by Crippen LogP contribution is -2.43. The third-order valence-electron chi connectivity index (χ3n) is 2.97. The minimum absolute atomic E-state index is 0.0872. The van der Waals surface area contributed by atoms with E-state index in [1.54, 1.807) is 0 Å². The van der Waals surface area contributed by atoms with Gasteiger partial charge in [0.2, 0.25) is 0 Å². The number of halogens is 2. The lowest BCUT2D eigenvalue weighted by atomic mass is 10.1. The zero-order valence-corrected chi connectivity index (χ0v) is 10.4. The Morgan fingerprint density at radius 1 is 1.50 bits per heavy atom. The van der Waals surface area contributed by atoms with Gasteiger partial charge in [-0.3, -0.25) is 0 Å². The third kappa shape index (κ3) is 3.65. The number of benzene rings is 1. The smallest absolute Gasteiger partial charge is 0.149 e. The molecule has 1 aliphatic heterocycles. The van der Waals surface area contributed by atoms with Gasteiger partial charge in [0.1, 0.15) is 11.6 Å². The van der Waals surface area contributed by atoms with Gasteiger partial charge in [0.05, 0.1) is 18.9 Å². The largest absolute Gasteiger partial charge is 0.380 e. The molecule has 1 saturated heterocycles. The quantitative estimate of drug-likeness (QED) is 0.866. The molecule has 1 aromatic carbocycles. The average Bonchev–Trinajstić information content (AvgIpc) is 2.34. The molecule has 0 amide bonds. The molecule has 0 saturated carbocycles. The first-order chi connectivity index (χ1) is 8.65. The number of rotatable bonds is 4. The Hall–Kier alpha value is -1.20. The first-order valence-electron chi connectivity index (χ1n) is 6.18. The van der Waals surface area contributed by atoms with Crippen molar-refractivity contribution in [2.45, 2.75) is 25.4 Å². The summed E-state index contributed by atoms with van der Waals surface area (Å²) in [4.78, 5) is 0. The first-order valence-corrected chi connectivity index (χ1v) is 6.18. The van der Waals surface area contributed by atoms with Crippen molar-refractivity contribution in [1.82, 2.24) is 5.32 Å². The molecule has 1 aliphatic rings. The fraction of sp³-hybridized carbons (Fsp3) is 0.538. The van der Waals surface area contributed by atoms with Gasteiger partial charge in [0.15, 0.2) is 0 Å². The van der Waals surface area contributed by atoms with E-state index in [-0.39, 0.29) is 12.1 Å². The number of hydrogen-bond acceptors (Lipinski definition) is 3. The summed E-state index contributed by atoms with van der Waals surface area (Å²) in [5.41, 5.74) is 0.334. The number of morpholine rings is 1. The van der Waals surface area contributed by atoms with E-state index in [9.17, 15) is 8.78 Å². The van der Waals surface area contributed by atoms with Crippen molar-refractivity contribution < 1.29 is 13.5 Å². The van der Waals surface area contributed by atoms with Crippen LogP contribution in [0.1, 0.15) is 13.3 Å². The van der Waals surface area contributed by atoms with Crippen molar-refractivity contribution in [3.8, 4) is 0 Å². The summed E-state index contributed by atoms with van der Waals surface area (Å²) >= 11 is 0. The van der Waals surface area contributed by atoms with Crippen LogP contribution in [0.4, 0.5) is 14.5 Å². The highest BCUT2D eigenvalue weighted by molar-refractivity contribution is 5.45. The molecule has 1 fully saturated rings. The van der Waals surface area contributed by atoms with Gasteiger partial charge in [0, 0.05) is 24.7 Å². The fourth-order valence-corrected chi connectivity index (χ4v) is 2.13. The van der Waals surface area contributed by atoms with Gasteiger partial charge < -0.3 is 15.4 Å². The summed E-state index contributed by atoms with van der Waals surface area (Å²) in [5, 5.41) is 6.39. The predicted molar refractivity (Wildman–Crippen MR) is 66.7 cm³/mol. The third-order valence-corrected chi connectivity index (χ3v) is 2.97. The summed E-state index contributed by atoms with van der Waals surface area (Å²) in [6, 6.07) is 3.93. The van der Waals surface area contributed by atoms with Crippen molar-refractivity contribution in [2.75, 3.05) is 25.1 Å². The maximum atomic E-state index is 13.4. The minimum Gasteiger partial charge on any atom is -0.380 e. The molecule has 0 aliphatic carbocycles. The zero-order valence-electron chi connectivity index (χ0n) is 10.4. The maximum Gasteiger partial charge on any atom is 0.149 e. The zero-order chi connectivity index (χ0) is 13.0. The van der Waals surface area contributed by atoms with Crippen molar-refractivity contribution in [1.29, 1.82) is 0 Å². The van der Waals surface area contributed by atoms with Crippen molar-refractivity contribution >= 4 is 5.69 Å². The first kappa shape index (κ1) is 13.2. The SMILES string of the molecule is CC(CC1COCCN1)Nc1ccc(F)cc1F. The van der Waals surface area contributed by atoms with Gasteiger partial charge in [-0.1, -0.05) is 0 Å². The molecule has 2 atom stereocenters. The summed E-state index contributed by atoms with van der Waals surface area (Å²) in [5.74, 6) is -1.12. The van der Waals surface area contributed by atoms with Crippen molar-refractivity contribution in [2.24, 2.45) is 0 Å². The maximum absolute atomic E-state index is 13.4. The van der Waals surface area contributed by atoms with E-state index in [1.807, 2.05) is 6.92 Å². The molecule has 3 nitrogen and oxygen atoms in total. The Kier molecular flexibility index (Phi) is 4.49. The van der Waals surface area contributed by atoms with E-state index < -0.39 is 11.6 Å². The minimum atomic E-state index is -0.562. The monoisotopic (exact) mass is 256 g/mol. The second-order valence-corrected chi connectivity index (χ2v) is 4.63. The predicted octanol–water partition coefficient (Wildman–Crippen LogP) is 2.14. The number of ether oxygens (including phenoxy) is 1. The molecule has 2 unspecified atom stereocenters. The molecule has 100 valence electrons. The van der Waals surface area contributed by atoms with E-state index in [2.05, 4.69) is 10.6 Å². The highest BCUT2D eigenvalue weighted by atomic mass is 19.1. The van der Waals surface area contributed by atoms with Crippen LogP contribution in [0.15, 0.2) is 18.2 Å². The van der Waals surface area contributed by atoms with Gasteiger partial charge in [-0.15, -0.1) is 0 Å². The summed E-state index contributed by atoms with van der Waals surface area (Å²) in [6.45, 7) is 4.24. The van der Waals surface area contributed by atoms with Crippen LogP contribution in [0.2, 0.25) is 0 Å². The Morgan fingerprint density at radius 2 is 2.33 bits per heavy atom. The van der Waals surface area contributed by atoms with Gasteiger partial charge in [-0.2, -0.15) is 0 Å². The summed E-state index contributed by atoms with van der Waals surface area (Å²) in [7, 11) is 0. The highest BCUT2D eigenvalue weighted by Gasteiger charge is 2.16. The second kappa shape index (κ2) is 6.11. The van der Waals surface area contributed by atoms with Crippen LogP contribution in [0.5, 0.6) is 0 Å². The Morgan fingerprint density at radius 3 is 3.00 bits per heavy atom. The molecular weight excluding hydrogens is 238 g/mol. The van der Waals surface area contributed by atoms with Crippen LogP contribution >= 0.6 is 0 Å². The van der Waals surface area contributed by atoms with Crippen LogP contribution in [-0.4, -0.2) is 31.8 Å². The van der Waals surface area contributed by atoms with Crippen LogP contribution in [0, 0.1) is 11.6 Å². The molecule has 2 rings (SSSR count). The van der Waals surface area contributed by atoms with E-state index in [0.29, 0.717) is 12.3 Å². The Bertz CT molecular complexity index is 395. The van der Waals surface area contributed by atoms with E-state index in [1.165, 1.54) is 12.1 Å². The molecular formula is C13H18F2N2O. The topological polar surface area (TPSA) is 33.3 Å². The molecule has 0 spiro atoms. The molecule has 0 bridgehead atoms. The lowest BCUT2D eigenvalue weighted by molar-refractivity contribution is 0.0731. The van der Waals surface area contributed by atoms with Gasteiger partial charge in [-0.05, 0) is 25.5 Å². The molecule has 2 N–H and O–H groups in total. The van der Waals surface area contributed by atoms with E-state index in [4.69, 9.17) is 4.74 Å². The number of hydrogen-bond donors (Lipinski definition) is 2. The van der Waals surface area contributed by atoms with E-state index in [0.717, 1.165) is 25.6 Å². The van der Waals surface area contributed by atoms with E-state index >= 15 is 0 Å². The number of anilines is 1. The van der Waals surface area contributed by atoms with Gasteiger partial charge in [-0.25, -0.2) is 8.78 Å². The molecule has 1 heterocycles. The second-order valence-electron chi connectivity index (χ2n) is 4.63. The van der Waals surface area contributed by atoms with Crippen LogP contribution < -0.4 is 10.6 Å². The van der Waals surface area contributed by atoms with Crippen LogP contribution in [0.3, 0.4) is 0 Å². The Balaban J connectivity index is 1.87. The van der Waals surface area contributed by atoms with Crippen molar-refractivity contribution in [3.05, 3.63) is 29.8 Å². The van der Waals surface area contributed by atoms with Crippen molar-refractivity contribution in [3.63, 3.8) is 0 Å². The molecule has 1 aromatic rings. The summed E-state index contributed by atoms with van der Waals surface area (Å²) < 4.78 is 31.6. The van der Waals surface area contributed by atoms with Crippen LogP contribution in [-0.2, 0) is 4.74 Å². The average molecular weight is 256 g/mol. The fourth-order valence-electron chi connectivity index (χ4n) is 2.13. The molecule has 18 heavy (non-hydrogen) atoms. The molecule has 0 radical (unpaired) electrons. The Labute approximate surface area is 106 Å². The standard InChI is InChI=1S/C13H18F2N2O/c1-9(6-11-8-18-5-4-16-11)17-13-3-2-10(14)7-12(13)15/h2-3,7,9,11,16-17H,4-6,8H2,1H3. The molecule has 5 heteroatoms. The highest BCUT2D eigenvalue weighted by Crippen LogP contribution is 2.17. The lowest BCUT2D eigenvalue weighted by Gasteiger charge is -2.27. The van der Waals surface area contributed by atoms with Gasteiger partial charge >= 0.3 is 0 Å². The number of nitrogens with one attached hydrogen (secondary N) is 2.